The second-order valence-corrected chi connectivity index (χ2v) is 5.12. The monoisotopic (exact) mass is 273 g/mol. The number of hydrogen-bond acceptors (Lipinski definition) is 5. The zero-order valence-corrected chi connectivity index (χ0v) is 10.3. The van der Waals surface area contributed by atoms with Crippen LogP contribution in [0.25, 0.3) is 0 Å². The van der Waals surface area contributed by atoms with Gasteiger partial charge in [0.1, 0.15) is 5.15 Å². The lowest BCUT2D eigenvalue weighted by molar-refractivity contribution is 0.581. The maximum absolute atomic E-state index is 11.9. The van der Waals surface area contributed by atoms with E-state index in [-0.39, 0.29) is 16.1 Å². The number of hydrogen-bond donors (Lipinski definition) is 1. The maximum atomic E-state index is 11.9. The van der Waals surface area contributed by atoms with E-state index in [4.69, 9.17) is 11.6 Å². The van der Waals surface area contributed by atoms with Crippen molar-refractivity contribution in [3.05, 3.63) is 29.7 Å². The van der Waals surface area contributed by atoms with Gasteiger partial charge in [0.15, 0.2) is 5.03 Å². The first-order valence-corrected chi connectivity index (χ1v) is 6.34. The quantitative estimate of drug-likeness (QED) is 0.830. The molecule has 7 nitrogen and oxygen atoms in total. The van der Waals surface area contributed by atoms with Crippen LogP contribution < -0.4 is 4.72 Å². The Kier molecular flexibility index (Phi) is 2.99. The van der Waals surface area contributed by atoms with Gasteiger partial charge in [-0.25, -0.2) is 14.7 Å². The average Bonchev–Trinajstić information content (AvgIpc) is 2.64. The Hall–Kier alpha value is -1.67. The summed E-state index contributed by atoms with van der Waals surface area (Å²) in [6.45, 7) is 0. The van der Waals surface area contributed by atoms with E-state index in [2.05, 4.69) is 19.8 Å². The fourth-order valence-electron chi connectivity index (χ4n) is 1.18. The lowest BCUT2D eigenvalue weighted by Gasteiger charge is -2.06. The first-order valence-electron chi connectivity index (χ1n) is 4.48. The van der Waals surface area contributed by atoms with Crippen LogP contribution >= 0.6 is 11.6 Å². The molecular weight excluding hydrogens is 266 g/mol. The Morgan fingerprint density at radius 1 is 1.35 bits per heavy atom. The third-order valence-electron chi connectivity index (χ3n) is 1.90. The first kappa shape index (κ1) is 11.8. The zero-order valence-electron chi connectivity index (χ0n) is 8.70. The third kappa shape index (κ3) is 2.53. The molecule has 2 aromatic rings. The number of aromatic nitrogens is 4. The molecule has 0 aliphatic heterocycles. The van der Waals surface area contributed by atoms with Crippen molar-refractivity contribution < 1.29 is 8.42 Å². The third-order valence-corrected chi connectivity index (χ3v) is 3.51. The number of rotatable bonds is 3. The van der Waals surface area contributed by atoms with Crippen LogP contribution in [0.5, 0.6) is 0 Å². The van der Waals surface area contributed by atoms with Crippen LogP contribution in [0.4, 0.5) is 5.95 Å². The second kappa shape index (κ2) is 4.30. The molecule has 0 aliphatic carbocycles. The molecule has 1 N–H and O–H groups in total. The standard InChI is InChI=1S/C8H8ClN5O2S/c1-14-7(3-5-11-14)17(15,16)13-8-10-4-2-6(9)12-8/h2-5H,1H3,(H,10,12,13). The SMILES string of the molecule is Cn1nccc1S(=O)(=O)Nc1nccc(Cl)n1. The second-order valence-electron chi connectivity index (χ2n) is 3.10. The predicted molar refractivity (Wildman–Crippen MR) is 61.1 cm³/mol. The van der Waals surface area contributed by atoms with Crippen molar-refractivity contribution in [1.82, 2.24) is 19.7 Å². The Balaban J connectivity index is 2.33. The van der Waals surface area contributed by atoms with E-state index in [1.807, 2.05) is 0 Å². The molecule has 2 rings (SSSR count). The van der Waals surface area contributed by atoms with E-state index in [0.29, 0.717) is 0 Å². The molecule has 2 aromatic heterocycles. The topological polar surface area (TPSA) is 89.8 Å². The molecule has 90 valence electrons. The summed E-state index contributed by atoms with van der Waals surface area (Å²) in [6, 6.07) is 2.82. The Labute approximate surface area is 103 Å². The van der Waals surface area contributed by atoms with Gasteiger partial charge in [-0.1, -0.05) is 11.6 Å². The lowest BCUT2D eigenvalue weighted by Crippen LogP contribution is -2.18. The minimum absolute atomic E-state index is 0.0149. The van der Waals surface area contributed by atoms with Crippen LogP contribution in [-0.2, 0) is 17.1 Å². The van der Waals surface area contributed by atoms with Crippen LogP contribution in [-0.4, -0.2) is 28.2 Å². The van der Waals surface area contributed by atoms with Crippen LogP contribution in [0.15, 0.2) is 29.6 Å². The van der Waals surface area contributed by atoms with Crippen molar-refractivity contribution in [2.75, 3.05) is 4.72 Å². The van der Waals surface area contributed by atoms with Crippen molar-refractivity contribution in [3.63, 3.8) is 0 Å². The highest BCUT2D eigenvalue weighted by Crippen LogP contribution is 2.12. The summed E-state index contributed by atoms with van der Waals surface area (Å²) in [5.74, 6) is -0.0845. The Morgan fingerprint density at radius 3 is 2.71 bits per heavy atom. The summed E-state index contributed by atoms with van der Waals surface area (Å²) in [7, 11) is -2.23. The summed E-state index contributed by atoms with van der Waals surface area (Å²) in [4.78, 5) is 7.48. The van der Waals surface area contributed by atoms with Gasteiger partial charge >= 0.3 is 0 Å². The van der Waals surface area contributed by atoms with Gasteiger partial charge in [-0.05, 0) is 12.1 Å². The number of aryl methyl sites for hydroxylation is 1. The Bertz CT molecular complexity index is 639. The van der Waals surface area contributed by atoms with E-state index in [9.17, 15) is 8.42 Å². The molecular formula is C8H8ClN5O2S. The van der Waals surface area contributed by atoms with E-state index in [0.717, 1.165) is 0 Å². The molecule has 0 radical (unpaired) electrons. The van der Waals surface area contributed by atoms with Gasteiger partial charge in [0.25, 0.3) is 10.0 Å². The first-order chi connectivity index (χ1) is 7.99. The summed E-state index contributed by atoms with van der Waals surface area (Å²) in [5, 5.41) is 3.94. The smallest absolute Gasteiger partial charge is 0.256 e. The Morgan fingerprint density at radius 2 is 2.12 bits per heavy atom. The van der Waals surface area contributed by atoms with Gasteiger partial charge in [0, 0.05) is 13.2 Å². The molecule has 0 amide bonds. The molecule has 0 unspecified atom stereocenters. The van der Waals surface area contributed by atoms with Gasteiger partial charge in [-0.3, -0.25) is 4.68 Å². The molecule has 0 atom stereocenters. The minimum Gasteiger partial charge on any atom is -0.256 e. The number of halogens is 1. The fourth-order valence-corrected chi connectivity index (χ4v) is 2.40. The molecule has 17 heavy (non-hydrogen) atoms. The minimum atomic E-state index is -3.75. The van der Waals surface area contributed by atoms with Gasteiger partial charge in [-0.2, -0.15) is 13.5 Å². The largest absolute Gasteiger partial charge is 0.281 e. The molecule has 0 saturated carbocycles. The van der Waals surface area contributed by atoms with Crippen molar-refractivity contribution in [2.45, 2.75) is 5.03 Å². The van der Waals surface area contributed by atoms with Gasteiger partial charge < -0.3 is 0 Å². The van der Waals surface area contributed by atoms with E-state index in [1.54, 1.807) is 0 Å². The zero-order chi connectivity index (χ0) is 12.5. The summed E-state index contributed by atoms with van der Waals surface area (Å²) < 4.78 is 27.2. The molecule has 9 heteroatoms. The van der Waals surface area contributed by atoms with Crippen LogP contribution in [0, 0.1) is 0 Å². The van der Waals surface area contributed by atoms with Crippen molar-refractivity contribution in [3.8, 4) is 0 Å². The van der Waals surface area contributed by atoms with E-state index >= 15 is 0 Å². The van der Waals surface area contributed by atoms with Crippen molar-refractivity contribution in [2.24, 2.45) is 7.05 Å². The summed E-state index contributed by atoms with van der Waals surface area (Å²) in [5.41, 5.74) is 0. The van der Waals surface area contributed by atoms with Crippen molar-refractivity contribution >= 4 is 27.6 Å². The fraction of sp³-hybridized carbons (Fsp3) is 0.125. The maximum Gasteiger partial charge on any atom is 0.281 e. The summed E-state index contributed by atoms with van der Waals surface area (Å²) >= 11 is 5.63. The highest BCUT2D eigenvalue weighted by atomic mass is 35.5. The molecule has 2 heterocycles. The van der Waals surface area contributed by atoms with Crippen LogP contribution in [0.3, 0.4) is 0 Å². The van der Waals surface area contributed by atoms with Gasteiger partial charge in [0.05, 0.1) is 6.20 Å². The van der Waals surface area contributed by atoms with Gasteiger partial charge in [-0.15, -0.1) is 0 Å². The number of sulfonamides is 1. The highest BCUT2D eigenvalue weighted by Gasteiger charge is 2.19. The normalized spacial score (nSPS) is 11.4. The molecule has 0 aliphatic rings. The number of anilines is 1. The molecule has 0 aromatic carbocycles. The average molecular weight is 274 g/mol. The predicted octanol–water partition coefficient (Wildman–Crippen LogP) is 0.664. The van der Waals surface area contributed by atoms with Crippen molar-refractivity contribution in [1.29, 1.82) is 0 Å². The molecule has 0 fully saturated rings. The van der Waals surface area contributed by atoms with Crippen LogP contribution in [0.1, 0.15) is 0 Å². The van der Waals surface area contributed by atoms with Crippen LogP contribution in [0.2, 0.25) is 5.15 Å². The summed E-state index contributed by atoms with van der Waals surface area (Å²) in [6.07, 6.45) is 2.74. The molecule has 0 bridgehead atoms. The van der Waals surface area contributed by atoms with Gasteiger partial charge in [0.2, 0.25) is 5.95 Å². The number of nitrogens with one attached hydrogen (secondary N) is 1. The molecule has 0 spiro atoms. The lowest BCUT2D eigenvalue weighted by atomic mass is 10.7. The molecule has 0 saturated heterocycles. The number of nitrogens with zero attached hydrogens (tertiary/aromatic N) is 4. The van der Waals surface area contributed by atoms with E-state index in [1.165, 1.54) is 36.3 Å². The highest BCUT2D eigenvalue weighted by molar-refractivity contribution is 7.92. The van der Waals surface area contributed by atoms with E-state index < -0.39 is 10.0 Å².